The standard InChI is InChI=1S/C15H20N2O3S/c1-3-12-6-4-5-9-16(12)15(18)11-7-8-14(21-2)13(10-11)17(19)20/h7-8,10,12H,3-6,9H2,1-2H3. The zero-order valence-corrected chi connectivity index (χ0v) is 13.2. The Labute approximate surface area is 128 Å². The Morgan fingerprint density at radius 2 is 2.24 bits per heavy atom. The van der Waals surface area contributed by atoms with Crippen molar-refractivity contribution in [1.82, 2.24) is 4.90 Å². The van der Waals surface area contributed by atoms with Crippen LogP contribution in [0.3, 0.4) is 0 Å². The predicted molar refractivity (Wildman–Crippen MR) is 83.8 cm³/mol. The van der Waals surface area contributed by atoms with Crippen LogP contribution in [0.2, 0.25) is 0 Å². The first kappa shape index (κ1) is 15.8. The molecule has 0 radical (unpaired) electrons. The Bertz CT molecular complexity index is 548. The molecule has 0 aromatic heterocycles. The van der Waals surface area contributed by atoms with Crippen LogP contribution < -0.4 is 0 Å². The summed E-state index contributed by atoms with van der Waals surface area (Å²) in [4.78, 5) is 25.8. The highest BCUT2D eigenvalue weighted by atomic mass is 32.2. The van der Waals surface area contributed by atoms with Gasteiger partial charge in [-0.05, 0) is 44.1 Å². The lowest BCUT2D eigenvalue weighted by Gasteiger charge is -2.35. The van der Waals surface area contributed by atoms with Crippen LogP contribution in [0.1, 0.15) is 43.0 Å². The average molecular weight is 308 g/mol. The molecule has 1 saturated heterocycles. The lowest BCUT2D eigenvalue weighted by atomic mass is 9.99. The van der Waals surface area contributed by atoms with E-state index in [4.69, 9.17) is 0 Å². The van der Waals surface area contributed by atoms with E-state index in [0.29, 0.717) is 10.5 Å². The van der Waals surface area contributed by atoms with Gasteiger partial charge in [-0.2, -0.15) is 0 Å². The molecule has 2 rings (SSSR count). The number of nitrogens with zero attached hydrogens (tertiary/aromatic N) is 2. The van der Waals surface area contributed by atoms with Gasteiger partial charge in [0, 0.05) is 24.2 Å². The van der Waals surface area contributed by atoms with Crippen molar-refractivity contribution in [2.75, 3.05) is 12.8 Å². The summed E-state index contributed by atoms with van der Waals surface area (Å²) in [5.74, 6) is -0.0858. The molecule has 1 aliphatic heterocycles. The fourth-order valence-corrected chi connectivity index (χ4v) is 3.37. The fourth-order valence-electron chi connectivity index (χ4n) is 2.82. The maximum Gasteiger partial charge on any atom is 0.283 e. The summed E-state index contributed by atoms with van der Waals surface area (Å²) in [5, 5.41) is 11.1. The van der Waals surface area contributed by atoms with Gasteiger partial charge in [-0.25, -0.2) is 0 Å². The van der Waals surface area contributed by atoms with Crippen LogP contribution in [0.4, 0.5) is 5.69 Å². The first-order valence-corrected chi connectivity index (χ1v) is 8.44. The number of hydrogen-bond acceptors (Lipinski definition) is 4. The monoisotopic (exact) mass is 308 g/mol. The van der Waals surface area contributed by atoms with E-state index in [0.717, 1.165) is 32.2 Å². The van der Waals surface area contributed by atoms with E-state index >= 15 is 0 Å². The molecular weight excluding hydrogens is 288 g/mol. The zero-order chi connectivity index (χ0) is 15.4. The van der Waals surface area contributed by atoms with Gasteiger partial charge in [0.2, 0.25) is 0 Å². The maximum absolute atomic E-state index is 12.6. The first-order chi connectivity index (χ1) is 10.1. The third-order valence-corrected chi connectivity index (χ3v) is 4.77. The second kappa shape index (κ2) is 6.93. The molecule has 0 bridgehead atoms. The number of rotatable bonds is 4. The Hall–Kier alpha value is -1.56. The molecule has 0 aliphatic carbocycles. The first-order valence-electron chi connectivity index (χ1n) is 7.21. The molecule has 1 aromatic carbocycles. The summed E-state index contributed by atoms with van der Waals surface area (Å²) in [5.41, 5.74) is 0.429. The number of hydrogen-bond donors (Lipinski definition) is 0. The molecule has 1 amide bonds. The number of likely N-dealkylation sites (tertiary alicyclic amines) is 1. The molecule has 1 unspecified atom stereocenters. The van der Waals surface area contributed by atoms with Crippen LogP contribution in [0, 0.1) is 10.1 Å². The Morgan fingerprint density at radius 1 is 1.48 bits per heavy atom. The molecule has 0 N–H and O–H groups in total. The molecule has 1 aromatic rings. The molecule has 1 atom stereocenters. The van der Waals surface area contributed by atoms with Crippen molar-refractivity contribution < 1.29 is 9.72 Å². The highest BCUT2D eigenvalue weighted by Gasteiger charge is 2.27. The number of carbonyl (C=O) groups is 1. The Kier molecular flexibility index (Phi) is 5.22. The van der Waals surface area contributed by atoms with Gasteiger partial charge in [0.25, 0.3) is 11.6 Å². The summed E-state index contributed by atoms with van der Waals surface area (Å²) in [6.45, 7) is 2.82. The fraction of sp³-hybridized carbons (Fsp3) is 0.533. The quantitative estimate of drug-likeness (QED) is 0.483. The van der Waals surface area contributed by atoms with E-state index in [1.807, 2.05) is 4.90 Å². The third kappa shape index (κ3) is 3.37. The van der Waals surface area contributed by atoms with Crippen LogP contribution in [-0.2, 0) is 0 Å². The van der Waals surface area contributed by atoms with Crippen LogP contribution >= 0.6 is 11.8 Å². The molecule has 5 nitrogen and oxygen atoms in total. The van der Waals surface area contributed by atoms with Crippen molar-refractivity contribution in [2.45, 2.75) is 43.5 Å². The smallest absolute Gasteiger partial charge is 0.283 e. The highest BCUT2D eigenvalue weighted by Crippen LogP contribution is 2.30. The van der Waals surface area contributed by atoms with E-state index in [1.165, 1.54) is 17.8 Å². The molecule has 21 heavy (non-hydrogen) atoms. The molecule has 114 valence electrons. The van der Waals surface area contributed by atoms with Gasteiger partial charge in [-0.15, -0.1) is 11.8 Å². The van der Waals surface area contributed by atoms with E-state index < -0.39 is 4.92 Å². The van der Waals surface area contributed by atoms with Gasteiger partial charge in [0.1, 0.15) is 0 Å². The number of nitro groups is 1. The molecule has 0 spiro atoms. The molecule has 1 aliphatic rings. The zero-order valence-electron chi connectivity index (χ0n) is 12.4. The summed E-state index contributed by atoms with van der Waals surface area (Å²) in [6.07, 6.45) is 5.90. The van der Waals surface area contributed by atoms with Crippen molar-refractivity contribution in [2.24, 2.45) is 0 Å². The van der Waals surface area contributed by atoms with Gasteiger partial charge < -0.3 is 4.90 Å². The number of piperidine rings is 1. The predicted octanol–water partition coefficient (Wildman–Crippen LogP) is 3.72. The number of nitro benzene ring substituents is 1. The largest absolute Gasteiger partial charge is 0.336 e. The minimum Gasteiger partial charge on any atom is -0.336 e. The SMILES string of the molecule is CCC1CCCCN1C(=O)c1ccc(SC)c([N+](=O)[O-])c1. The number of carbonyl (C=O) groups excluding carboxylic acids is 1. The van der Waals surface area contributed by atoms with Gasteiger partial charge in [-0.3, -0.25) is 14.9 Å². The Balaban J connectivity index is 2.30. The van der Waals surface area contributed by atoms with Crippen molar-refractivity contribution in [1.29, 1.82) is 0 Å². The summed E-state index contributed by atoms with van der Waals surface area (Å²) in [6, 6.07) is 5.03. The van der Waals surface area contributed by atoms with Crippen molar-refractivity contribution in [3.63, 3.8) is 0 Å². The summed E-state index contributed by atoms with van der Waals surface area (Å²) in [7, 11) is 0. The van der Waals surface area contributed by atoms with E-state index in [2.05, 4.69) is 6.92 Å². The van der Waals surface area contributed by atoms with Gasteiger partial charge in [0.05, 0.1) is 9.82 Å². The molecule has 1 fully saturated rings. The van der Waals surface area contributed by atoms with Gasteiger partial charge in [0.15, 0.2) is 0 Å². The normalized spacial score (nSPS) is 18.6. The molecule has 6 heteroatoms. The molecule has 0 saturated carbocycles. The lowest BCUT2D eigenvalue weighted by molar-refractivity contribution is -0.387. The second-order valence-electron chi connectivity index (χ2n) is 5.20. The van der Waals surface area contributed by atoms with E-state index in [9.17, 15) is 14.9 Å². The van der Waals surface area contributed by atoms with Crippen LogP contribution in [0.5, 0.6) is 0 Å². The number of amides is 1. The topological polar surface area (TPSA) is 63.5 Å². The van der Waals surface area contributed by atoms with Crippen molar-refractivity contribution >= 4 is 23.4 Å². The minimum atomic E-state index is -0.421. The molecule has 1 heterocycles. The number of benzene rings is 1. The molecular formula is C15H20N2O3S. The number of thioether (sulfide) groups is 1. The van der Waals surface area contributed by atoms with E-state index in [1.54, 1.807) is 18.4 Å². The lowest BCUT2D eigenvalue weighted by Crippen LogP contribution is -2.43. The summed E-state index contributed by atoms with van der Waals surface area (Å²) >= 11 is 1.32. The minimum absolute atomic E-state index is 0.0124. The van der Waals surface area contributed by atoms with Gasteiger partial charge >= 0.3 is 0 Å². The average Bonchev–Trinajstić information content (AvgIpc) is 2.53. The van der Waals surface area contributed by atoms with Crippen LogP contribution in [0.15, 0.2) is 23.1 Å². The summed E-state index contributed by atoms with van der Waals surface area (Å²) < 4.78 is 0. The Morgan fingerprint density at radius 3 is 2.86 bits per heavy atom. The van der Waals surface area contributed by atoms with Crippen LogP contribution in [-0.4, -0.2) is 34.6 Å². The van der Waals surface area contributed by atoms with Crippen LogP contribution in [0.25, 0.3) is 0 Å². The van der Waals surface area contributed by atoms with E-state index in [-0.39, 0.29) is 17.6 Å². The second-order valence-corrected chi connectivity index (χ2v) is 6.05. The van der Waals surface area contributed by atoms with Crippen molar-refractivity contribution in [3.05, 3.63) is 33.9 Å². The van der Waals surface area contributed by atoms with Crippen molar-refractivity contribution in [3.8, 4) is 0 Å². The van der Waals surface area contributed by atoms with Gasteiger partial charge in [-0.1, -0.05) is 6.92 Å². The third-order valence-electron chi connectivity index (χ3n) is 3.98. The highest BCUT2D eigenvalue weighted by molar-refractivity contribution is 7.98. The maximum atomic E-state index is 12.6.